The molecule has 0 aliphatic carbocycles. The van der Waals surface area contributed by atoms with E-state index < -0.39 is 0 Å². The van der Waals surface area contributed by atoms with Crippen LogP contribution in [0.4, 0.5) is 0 Å². The molecule has 2 aliphatic heterocycles. The quantitative estimate of drug-likeness (QED) is 0.610. The number of ether oxygens (including phenoxy) is 2. The molecule has 0 bridgehead atoms. The highest BCUT2D eigenvalue weighted by molar-refractivity contribution is 5.94. The molecule has 3 rings (SSSR count). The van der Waals surface area contributed by atoms with Crippen LogP contribution in [0.15, 0.2) is 30.3 Å². The van der Waals surface area contributed by atoms with Gasteiger partial charge in [-0.1, -0.05) is 18.2 Å². The van der Waals surface area contributed by atoms with Gasteiger partial charge in [0.1, 0.15) is 0 Å². The number of hydrogen-bond donors (Lipinski definition) is 0. The fourth-order valence-electron chi connectivity index (χ4n) is 4.01. The van der Waals surface area contributed by atoms with E-state index in [0.29, 0.717) is 38.7 Å². The summed E-state index contributed by atoms with van der Waals surface area (Å²) in [6, 6.07) is 9.42. The molecule has 154 valence electrons. The summed E-state index contributed by atoms with van der Waals surface area (Å²) in [5.41, 5.74) is 0.742. The van der Waals surface area contributed by atoms with Crippen LogP contribution in [0.2, 0.25) is 0 Å². The third kappa shape index (κ3) is 5.79. The molecular weight excluding hydrogens is 356 g/mol. The number of likely N-dealkylation sites (tertiary alicyclic amines) is 2. The van der Waals surface area contributed by atoms with Gasteiger partial charge in [0, 0.05) is 44.8 Å². The highest BCUT2D eigenvalue weighted by Crippen LogP contribution is 2.24. The van der Waals surface area contributed by atoms with Gasteiger partial charge < -0.3 is 19.3 Å². The molecule has 1 aromatic rings. The average Bonchev–Trinajstić information content (AvgIpc) is 3.39. The van der Waals surface area contributed by atoms with Crippen molar-refractivity contribution in [3.05, 3.63) is 35.9 Å². The van der Waals surface area contributed by atoms with E-state index >= 15 is 0 Å². The number of nitrogens with zero attached hydrogens (tertiary/aromatic N) is 2. The van der Waals surface area contributed by atoms with E-state index in [1.807, 2.05) is 47.1 Å². The molecule has 2 saturated heterocycles. The maximum atomic E-state index is 12.5. The second kappa shape index (κ2) is 10.6. The van der Waals surface area contributed by atoms with Crippen LogP contribution in [0.25, 0.3) is 0 Å². The van der Waals surface area contributed by atoms with Gasteiger partial charge in [0.15, 0.2) is 0 Å². The van der Waals surface area contributed by atoms with Crippen molar-refractivity contribution in [2.24, 2.45) is 5.92 Å². The zero-order chi connectivity index (χ0) is 19.8. The van der Waals surface area contributed by atoms with Gasteiger partial charge in [0.25, 0.3) is 5.91 Å². The lowest BCUT2D eigenvalue weighted by molar-refractivity contribution is -0.131. The Bertz CT molecular complexity index is 637. The van der Waals surface area contributed by atoms with Gasteiger partial charge in [-0.2, -0.15) is 0 Å². The molecule has 0 saturated carbocycles. The lowest BCUT2D eigenvalue weighted by Crippen LogP contribution is -2.31. The van der Waals surface area contributed by atoms with Crippen molar-refractivity contribution < 1.29 is 19.1 Å². The van der Waals surface area contributed by atoms with Crippen LogP contribution in [-0.4, -0.2) is 73.7 Å². The maximum absolute atomic E-state index is 12.5. The summed E-state index contributed by atoms with van der Waals surface area (Å²) in [7, 11) is 0. The molecule has 0 radical (unpaired) electrons. The number of carbonyl (C=O) groups excluding carboxylic acids is 2. The summed E-state index contributed by atoms with van der Waals surface area (Å²) >= 11 is 0. The van der Waals surface area contributed by atoms with Gasteiger partial charge >= 0.3 is 0 Å². The average molecular weight is 389 g/mol. The van der Waals surface area contributed by atoms with E-state index in [1.165, 1.54) is 0 Å². The van der Waals surface area contributed by atoms with Gasteiger partial charge in [-0.3, -0.25) is 9.59 Å². The van der Waals surface area contributed by atoms with Crippen LogP contribution in [0.5, 0.6) is 0 Å². The largest absolute Gasteiger partial charge is 0.379 e. The predicted molar refractivity (Wildman–Crippen MR) is 107 cm³/mol. The lowest BCUT2D eigenvalue weighted by atomic mass is 10.0. The number of amides is 2. The van der Waals surface area contributed by atoms with Crippen molar-refractivity contribution in [2.45, 2.75) is 38.7 Å². The zero-order valence-electron chi connectivity index (χ0n) is 16.8. The van der Waals surface area contributed by atoms with Crippen molar-refractivity contribution >= 4 is 11.8 Å². The van der Waals surface area contributed by atoms with E-state index in [-0.39, 0.29) is 17.9 Å². The van der Waals surface area contributed by atoms with E-state index in [9.17, 15) is 9.59 Å². The fourth-order valence-corrected chi connectivity index (χ4v) is 4.01. The van der Waals surface area contributed by atoms with Crippen LogP contribution in [0, 0.1) is 5.92 Å². The summed E-state index contributed by atoms with van der Waals surface area (Å²) < 4.78 is 11.1. The zero-order valence-corrected chi connectivity index (χ0v) is 16.8. The summed E-state index contributed by atoms with van der Waals surface area (Å²) in [5, 5.41) is 0. The molecule has 0 N–H and O–H groups in total. The van der Waals surface area contributed by atoms with Crippen LogP contribution in [0.1, 0.15) is 43.0 Å². The molecule has 2 amide bonds. The van der Waals surface area contributed by atoms with Crippen LogP contribution in [0.3, 0.4) is 0 Å². The number of benzene rings is 1. The number of hydrogen-bond acceptors (Lipinski definition) is 4. The SMILES string of the molecule is CCOCCOC1CCN(C(=O)CCC2CCN(C(=O)c3ccccc3)C2)C1. The maximum Gasteiger partial charge on any atom is 0.253 e. The Morgan fingerprint density at radius 2 is 1.82 bits per heavy atom. The first-order valence-corrected chi connectivity index (χ1v) is 10.5. The molecule has 6 nitrogen and oxygen atoms in total. The van der Waals surface area contributed by atoms with Gasteiger partial charge in [0.2, 0.25) is 5.91 Å². The van der Waals surface area contributed by atoms with Crippen molar-refractivity contribution in [1.82, 2.24) is 9.80 Å². The molecule has 2 aliphatic rings. The Balaban J connectivity index is 1.35. The lowest BCUT2D eigenvalue weighted by Gasteiger charge is -2.19. The Morgan fingerprint density at radius 1 is 1.04 bits per heavy atom. The summed E-state index contributed by atoms with van der Waals surface area (Å²) in [6.07, 6.45) is 3.43. The molecule has 0 spiro atoms. The molecule has 28 heavy (non-hydrogen) atoms. The molecule has 0 aromatic heterocycles. The summed E-state index contributed by atoms with van der Waals surface area (Å²) in [4.78, 5) is 28.9. The summed E-state index contributed by atoms with van der Waals surface area (Å²) in [6.45, 7) is 6.88. The van der Waals surface area contributed by atoms with Crippen LogP contribution < -0.4 is 0 Å². The fraction of sp³-hybridized carbons (Fsp3) is 0.636. The molecule has 1 aromatic carbocycles. The van der Waals surface area contributed by atoms with Gasteiger partial charge in [-0.05, 0) is 44.2 Å². The Labute approximate surface area is 167 Å². The normalized spacial score (nSPS) is 22.0. The van der Waals surface area contributed by atoms with E-state index in [2.05, 4.69) is 0 Å². The molecule has 2 heterocycles. The van der Waals surface area contributed by atoms with Crippen molar-refractivity contribution in [3.63, 3.8) is 0 Å². The van der Waals surface area contributed by atoms with Crippen molar-refractivity contribution in [1.29, 1.82) is 0 Å². The van der Waals surface area contributed by atoms with E-state index in [4.69, 9.17) is 9.47 Å². The molecule has 2 atom stereocenters. The minimum Gasteiger partial charge on any atom is -0.379 e. The molecule has 2 fully saturated rings. The molecule has 2 unspecified atom stereocenters. The van der Waals surface area contributed by atoms with Crippen molar-refractivity contribution in [3.8, 4) is 0 Å². The van der Waals surface area contributed by atoms with E-state index in [1.54, 1.807) is 0 Å². The van der Waals surface area contributed by atoms with Crippen LogP contribution >= 0.6 is 0 Å². The third-order valence-electron chi connectivity index (χ3n) is 5.64. The predicted octanol–water partition coefficient (Wildman–Crippen LogP) is 2.58. The second-order valence-corrected chi connectivity index (χ2v) is 7.63. The number of rotatable bonds is 9. The topological polar surface area (TPSA) is 59.1 Å². The number of carbonyl (C=O) groups is 2. The second-order valence-electron chi connectivity index (χ2n) is 7.63. The first-order chi connectivity index (χ1) is 13.7. The van der Waals surface area contributed by atoms with Gasteiger partial charge in [-0.15, -0.1) is 0 Å². The van der Waals surface area contributed by atoms with Crippen LogP contribution in [-0.2, 0) is 14.3 Å². The van der Waals surface area contributed by atoms with Gasteiger partial charge in [0.05, 0.1) is 19.3 Å². The van der Waals surface area contributed by atoms with Crippen molar-refractivity contribution in [2.75, 3.05) is 46.0 Å². The Morgan fingerprint density at radius 3 is 2.61 bits per heavy atom. The minimum absolute atomic E-state index is 0.0982. The third-order valence-corrected chi connectivity index (χ3v) is 5.64. The molecule has 6 heteroatoms. The first-order valence-electron chi connectivity index (χ1n) is 10.5. The molecular formula is C22H32N2O4. The monoisotopic (exact) mass is 388 g/mol. The first kappa shape index (κ1) is 20.8. The highest BCUT2D eigenvalue weighted by Gasteiger charge is 2.30. The smallest absolute Gasteiger partial charge is 0.253 e. The Kier molecular flexibility index (Phi) is 7.86. The standard InChI is InChI=1S/C22H32N2O4/c1-2-27-14-15-28-20-11-13-23(17-20)21(25)9-8-18-10-12-24(16-18)22(26)19-6-4-3-5-7-19/h3-7,18,20H,2,8-17H2,1H3. The Hall–Kier alpha value is -1.92. The minimum atomic E-state index is 0.0982. The summed E-state index contributed by atoms with van der Waals surface area (Å²) in [5.74, 6) is 0.724. The van der Waals surface area contributed by atoms with E-state index in [0.717, 1.165) is 44.5 Å². The highest BCUT2D eigenvalue weighted by atomic mass is 16.5. The van der Waals surface area contributed by atoms with Gasteiger partial charge in [-0.25, -0.2) is 0 Å².